The Labute approximate surface area is 139 Å². The lowest BCUT2D eigenvalue weighted by molar-refractivity contribution is -0.117. The largest absolute Gasteiger partial charge is 0.493 e. The summed E-state index contributed by atoms with van der Waals surface area (Å²) in [6.45, 7) is 0. The van der Waals surface area contributed by atoms with Crippen LogP contribution in [0.25, 0.3) is 6.08 Å². The van der Waals surface area contributed by atoms with Crippen molar-refractivity contribution in [3.63, 3.8) is 0 Å². The van der Waals surface area contributed by atoms with E-state index in [0.717, 1.165) is 5.56 Å². The fourth-order valence-electron chi connectivity index (χ4n) is 1.86. The number of hydrazine groups is 1. The number of ether oxygens (including phenoxy) is 2. The molecule has 2 N–H and O–H groups in total. The van der Waals surface area contributed by atoms with Crippen LogP contribution in [0.2, 0.25) is 0 Å². The third kappa shape index (κ3) is 4.57. The van der Waals surface area contributed by atoms with Gasteiger partial charge in [0.25, 0.3) is 11.8 Å². The molecule has 24 heavy (non-hydrogen) atoms. The lowest BCUT2D eigenvalue weighted by atomic mass is 10.2. The van der Waals surface area contributed by atoms with E-state index in [1.54, 1.807) is 43.5 Å². The molecule has 1 aromatic heterocycles. The highest BCUT2D eigenvalue weighted by molar-refractivity contribution is 5.97. The van der Waals surface area contributed by atoms with Crippen molar-refractivity contribution in [1.82, 2.24) is 15.8 Å². The highest BCUT2D eigenvalue weighted by atomic mass is 16.5. The number of benzene rings is 1. The van der Waals surface area contributed by atoms with Crippen LogP contribution in [0.5, 0.6) is 11.5 Å². The Bertz CT molecular complexity index is 745. The number of amides is 2. The average Bonchev–Trinajstić information content (AvgIpc) is 2.64. The summed E-state index contributed by atoms with van der Waals surface area (Å²) in [4.78, 5) is 27.3. The van der Waals surface area contributed by atoms with Gasteiger partial charge in [-0.25, -0.2) is 0 Å². The van der Waals surface area contributed by atoms with E-state index in [0.29, 0.717) is 17.1 Å². The molecule has 1 heterocycles. The second-order valence-corrected chi connectivity index (χ2v) is 4.63. The number of nitrogens with one attached hydrogen (secondary N) is 2. The maximum absolute atomic E-state index is 11.8. The van der Waals surface area contributed by atoms with Crippen molar-refractivity contribution in [1.29, 1.82) is 0 Å². The fourth-order valence-corrected chi connectivity index (χ4v) is 1.86. The summed E-state index contributed by atoms with van der Waals surface area (Å²) in [5.41, 5.74) is 5.76. The monoisotopic (exact) mass is 327 g/mol. The molecule has 0 aliphatic heterocycles. The topological polar surface area (TPSA) is 89.6 Å². The number of carbonyl (C=O) groups is 2. The predicted octanol–water partition coefficient (Wildman–Crippen LogP) is 1.57. The molecule has 0 fully saturated rings. The fraction of sp³-hybridized carbons (Fsp3) is 0.118. The third-order valence-corrected chi connectivity index (χ3v) is 3.08. The molecule has 0 spiro atoms. The van der Waals surface area contributed by atoms with Gasteiger partial charge in [0.2, 0.25) is 0 Å². The molecule has 0 saturated carbocycles. The van der Waals surface area contributed by atoms with E-state index in [1.165, 1.54) is 25.6 Å². The Morgan fingerprint density at radius 3 is 2.38 bits per heavy atom. The molecular weight excluding hydrogens is 310 g/mol. The SMILES string of the molecule is COc1ccc(C=CC(=O)NNC(=O)c2ccncc2)cc1OC. The third-order valence-electron chi connectivity index (χ3n) is 3.08. The van der Waals surface area contributed by atoms with Crippen LogP contribution in [-0.2, 0) is 4.79 Å². The first-order chi connectivity index (χ1) is 11.6. The Hall–Kier alpha value is -3.35. The van der Waals surface area contributed by atoms with Crippen molar-refractivity contribution < 1.29 is 19.1 Å². The number of hydrogen-bond donors (Lipinski definition) is 2. The van der Waals surface area contributed by atoms with Crippen molar-refractivity contribution in [3.8, 4) is 11.5 Å². The first kappa shape index (κ1) is 17.0. The highest BCUT2D eigenvalue weighted by Gasteiger charge is 2.06. The number of hydrogen-bond acceptors (Lipinski definition) is 5. The van der Waals surface area contributed by atoms with Gasteiger partial charge in [0.15, 0.2) is 11.5 Å². The van der Waals surface area contributed by atoms with Gasteiger partial charge in [-0.3, -0.25) is 25.4 Å². The van der Waals surface area contributed by atoms with Crippen LogP contribution in [-0.4, -0.2) is 31.0 Å². The van der Waals surface area contributed by atoms with Crippen molar-refractivity contribution in [2.24, 2.45) is 0 Å². The number of nitrogens with zero attached hydrogens (tertiary/aromatic N) is 1. The molecule has 0 unspecified atom stereocenters. The molecule has 124 valence electrons. The Balaban J connectivity index is 1.92. The molecule has 2 aromatic rings. The minimum Gasteiger partial charge on any atom is -0.493 e. The Morgan fingerprint density at radius 1 is 1.00 bits per heavy atom. The molecule has 2 amide bonds. The van der Waals surface area contributed by atoms with Crippen LogP contribution < -0.4 is 20.3 Å². The standard InChI is InChI=1S/C17H17N3O4/c1-23-14-5-3-12(11-15(14)24-2)4-6-16(21)19-20-17(22)13-7-9-18-10-8-13/h3-11H,1-2H3,(H,19,21)(H,20,22). The first-order valence-corrected chi connectivity index (χ1v) is 7.04. The summed E-state index contributed by atoms with van der Waals surface area (Å²) >= 11 is 0. The molecule has 0 bridgehead atoms. The van der Waals surface area contributed by atoms with Gasteiger partial charge >= 0.3 is 0 Å². The van der Waals surface area contributed by atoms with Crippen LogP contribution >= 0.6 is 0 Å². The molecule has 2 rings (SSSR count). The van der Waals surface area contributed by atoms with Crippen LogP contribution in [0.1, 0.15) is 15.9 Å². The number of rotatable bonds is 5. The minimum absolute atomic E-state index is 0.397. The number of pyridine rings is 1. The molecular formula is C17H17N3O4. The molecule has 7 nitrogen and oxygen atoms in total. The lowest BCUT2D eigenvalue weighted by Gasteiger charge is -2.07. The van der Waals surface area contributed by atoms with Gasteiger partial charge in [0.1, 0.15) is 0 Å². The Morgan fingerprint density at radius 2 is 1.71 bits per heavy atom. The summed E-state index contributed by atoms with van der Waals surface area (Å²) in [5, 5.41) is 0. The first-order valence-electron chi connectivity index (χ1n) is 7.04. The van der Waals surface area contributed by atoms with Gasteiger partial charge in [-0.15, -0.1) is 0 Å². The zero-order valence-electron chi connectivity index (χ0n) is 13.3. The normalized spacial score (nSPS) is 10.2. The van der Waals surface area contributed by atoms with Crippen molar-refractivity contribution >= 4 is 17.9 Å². The molecule has 0 aliphatic carbocycles. The molecule has 0 atom stereocenters. The van der Waals surface area contributed by atoms with E-state index in [2.05, 4.69) is 15.8 Å². The number of methoxy groups -OCH3 is 2. The lowest BCUT2D eigenvalue weighted by Crippen LogP contribution is -2.40. The number of carbonyl (C=O) groups excluding carboxylic acids is 2. The molecule has 0 aliphatic rings. The molecule has 7 heteroatoms. The van der Waals surface area contributed by atoms with Gasteiger partial charge in [-0.05, 0) is 35.9 Å². The van der Waals surface area contributed by atoms with Gasteiger partial charge in [-0.2, -0.15) is 0 Å². The van der Waals surface area contributed by atoms with E-state index in [-0.39, 0.29) is 0 Å². The predicted molar refractivity (Wildman–Crippen MR) is 88.4 cm³/mol. The Kier molecular flexibility index (Phi) is 5.90. The van der Waals surface area contributed by atoms with E-state index in [4.69, 9.17) is 9.47 Å². The highest BCUT2D eigenvalue weighted by Crippen LogP contribution is 2.27. The van der Waals surface area contributed by atoms with E-state index in [1.807, 2.05) is 0 Å². The smallest absolute Gasteiger partial charge is 0.269 e. The minimum atomic E-state index is -0.466. The van der Waals surface area contributed by atoms with Crippen LogP contribution in [0.15, 0.2) is 48.8 Å². The zero-order chi connectivity index (χ0) is 17.4. The van der Waals surface area contributed by atoms with Crippen LogP contribution in [0, 0.1) is 0 Å². The van der Waals surface area contributed by atoms with E-state index < -0.39 is 11.8 Å². The summed E-state index contributed by atoms with van der Waals surface area (Å²) in [6, 6.07) is 8.34. The molecule has 0 radical (unpaired) electrons. The second kappa shape index (κ2) is 8.33. The maximum atomic E-state index is 11.8. The van der Waals surface area contributed by atoms with Crippen molar-refractivity contribution in [3.05, 3.63) is 59.9 Å². The van der Waals surface area contributed by atoms with Gasteiger partial charge in [-0.1, -0.05) is 6.07 Å². The van der Waals surface area contributed by atoms with Crippen LogP contribution in [0.4, 0.5) is 0 Å². The van der Waals surface area contributed by atoms with E-state index >= 15 is 0 Å². The van der Waals surface area contributed by atoms with Gasteiger partial charge in [0, 0.05) is 24.0 Å². The van der Waals surface area contributed by atoms with Gasteiger partial charge < -0.3 is 9.47 Å². The van der Waals surface area contributed by atoms with Crippen LogP contribution in [0.3, 0.4) is 0 Å². The quantitative estimate of drug-likeness (QED) is 0.643. The van der Waals surface area contributed by atoms with E-state index in [9.17, 15) is 9.59 Å². The number of aromatic nitrogens is 1. The average molecular weight is 327 g/mol. The maximum Gasteiger partial charge on any atom is 0.269 e. The summed E-state index contributed by atoms with van der Waals surface area (Å²) in [5.74, 6) is 0.271. The summed E-state index contributed by atoms with van der Waals surface area (Å²) < 4.78 is 10.3. The van der Waals surface area contributed by atoms with Crippen molar-refractivity contribution in [2.75, 3.05) is 14.2 Å². The second-order valence-electron chi connectivity index (χ2n) is 4.63. The summed E-state index contributed by atoms with van der Waals surface area (Å²) in [6.07, 6.45) is 5.88. The molecule has 0 saturated heterocycles. The van der Waals surface area contributed by atoms with Gasteiger partial charge in [0.05, 0.1) is 14.2 Å². The zero-order valence-corrected chi connectivity index (χ0v) is 13.3. The molecule has 1 aromatic carbocycles. The van der Waals surface area contributed by atoms with Crippen molar-refractivity contribution in [2.45, 2.75) is 0 Å². The summed E-state index contributed by atoms with van der Waals surface area (Å²) in [7, 11) is 3.08.